The number of ether oxygens (including phenoxy) is 2. The number of hydrogen-bond acceptors (Lipinski definition) is 5. The lowest BCUT2D eigenvalue weighted by Crippen LogP contribution is -2.34. The van der Waals surface area contributed by atoms with Crippen LogP contribution in [0.25, 0.3) is 21.8 Å². The molecule has 0 aliphatic carbocycles. The van der Waals surface area contributed by atoms with Crippen LogP contribution in [0.15, 0.2) is 79.1 Å². The minimum Gasteiger partial charge on any atom is -0.440 e. The molecular formula is C34H33Cl2N3O5Si. The number of halogens is 2. The predicted octanol–water partition coefficient (Wildman–Crippen LogP) is 7.79. The number of nitrogens with zero attached hydrogens (tertiary/aromatic N) is 2. The second kappa shape index (κ2) is 12.5. The Labute approximate surface area is 271 Å². The molecule has 0 bridgehead atoms. The van der Waals surface area contributed by atoms with Gasteiger partial charge in [-0.2, -0.15) is 0 Å². The molecule has 0 spiro atoms. The summed E-state index contributed by atoms with van der Waals surface area (Å²) in [4.78, 5) is 45.5. The number of esters is 1. The summed E-state index contributed by atoms with van der Waals surface area (Å²) in [6.45, 7) is 7.21. The molecule has 6 rings (SSSR count). The number of aromatic amines is 1. The lowest BCUT2D eigenvalue weighted by atomic mass is 9.83. The van der Waals surface area contributed by atoms with Crippen molar-refractivity contribution in [2.24, 2.45) is 0 Å². The number of rotatable bonds is 10. The summed E-state index contributed by atoms with van der Waals surface area (Å²) in [6, 6.07) is 20.4. The van der Waals surface area contributed by atoms with Gasteiger partial charge >= 0.3 is 5.97 Å². The number of carbonyl (C=O) groups excluding carboxylic acids is 3. The summed E-state index contributed by atoms with van der Waals surface area (Å²) in [5, 5.41) is 2.49. The van der Waals surface area contributed by atoms with Crippen LogP contribution in [-0.4, -0.2) is 53.6 Å². The molecule has 11 heteroatoms. The molecule has 1 fully saturated rings. The number of aromatic nitrogens is 2. The maximum absolute atomic E-state index is 14.3. The monoisotopic (exact) mass is 661 g/mol. The van der Waals surface area contributed by atoms with Crippen LogP contribution >= 0.6 is 23.2 Å². The third-order valence-electron chi connectivity index (χ3n) is 8.21. The third-order valence-corrected chi connectivity index (χ3v) is 10.5. The number of imide groups is 1. The van der Waals surface area contributed by atoms with E-state index in [1.165, 1.54) is 0 Å². The Kier molecular flexibility index (Phi) is 8.63. The van der Waals surface area contributed by atoms with Gasteiger partial charge in [-0.25, -0.2) is 9.69 Å². The van der Waals surface area contributed by atoms with Gasteiger partial charge in [0, 0.05) is 37.8 Å². The molecule has 2 unspecified atom stereocenters. The van der Waals surface area contributed by atoms with Crippen LogP contribution in [0.4, 0.5) is 0 Å². The van der Waals surface area contributed by atoms with E-state index in [2.05, 4.69) is 24.6 Å². The van der Waals surface area contributed by atoms with E-state index in [9.17, 15) is 14.4 Å². The Hall–Kier alpha value is -3.89. The van der Waals surface area contributed by atoms with Crippen LogP contribution in [0.2, 0.25) is 35.7 Å². The number of H-pyrrole nitrogens is 1. The van der Waals surface area contributed by atoms with E-state index in [1.807, 2.05) is 29.0 Å². The minimum absolute atomic E-state index is 0.241. The quantitative estimate of drug-likeness (QED) is 0.0714. The highest BCUT2D eigenvalue weighted by Crippen LogP contribution is 2.47. The van der Waals surface area contributed by atoms with Crippen molar-refractivity contribution >= 4 is 70.9 Å². The lowest BCUT2D eigenvalue weighted by molar-refractivity contribution is -0.143. The van der Waals surface area contributed by atoms with E-state index in [-0.39, 0.29) is 6.73 Å². The van der Waals surface area contributed by atoms with Gasteiger partial charge in [0.2, 0.25) is 11.8 Å². The Balaban J connectivity index is 1.41. The van der Waals surface area contributed by atoms with E-state index >= 15 is 0 Å². The molecule has 0 radical (unpaired) electrons. The second-order valence-electron chi connectivity index (χ2n) is 12.4. The van der Waals surface area contributed by atoms with Gasteiger partial charge < -0.3 is 19.0 Å². The van der Waals surface area contributed by atoms with Crippen molar-refractivity contribution in [1.82, 2.24) is 14.5 Å². The van der Waals surface area contributed by atoms with Crippen molar-refractivity contribution in [1.29, 1.82) is 0 Å². The fourth-order valence-corrected chi connectivity index (χ4v) is 7.16. The maximum atomic E-state index is 14.3. The molecule has 2 aromatic heterocycles. The first-order valence-electron chi connectivity index (χ1n) is 14.7. The first-order chi connectivity index (χ1) is 21.5. The number of carbonyl (C=O) groups is 3. The normalized spacial score (nSPS) is 17.1. The molecule has 45 heavy (non-hydrogen) atoms. The summed E-state index contributed by atoms with van der Waals surface area (Å²) < 4.78 is 13.5. The van der Waals surface area contributed by atoms with Crippen LogP contribution in [0.1, 0.15) is 33.3 Å². The van der Waals surface area contributed by atoms with Crippen LogP contribution in [-0.2, 0) is 25.8 Å². The zero-order valence-corrected chi connectivity index (χ0v) is 27.7. The van der Waals surface area contributed by atoms with E-state index < -0.39 is 44.4 Å². The van der Waals surface area contributed by atoms with Crippen molar-refractivity contribution in [2.75, 3.05) is 13.3 Å². The highest BCUT2D eigenvalue weighted by atomic mass is 35.5. The van der Waals surface area contributed by atoms with E-state index in [1.54, 1.807) is 54.7 Å². The molecule has 0 saturated carbocycles. The fourth-order valence-electron chi connectivity index (χ4n) is 5.89. The van der Waals surface area contributed by atoms with Crippen LogP contribution in [0.3, 0.4) is 0 Å². The minimum atomic E-state index is -1.30. The van der Waals surface area contributed by atoms with Gasteiger partial charge in [-0.15, -0.1) is 0 Å². The summed E-state index contributed by atoms with van der Waals surface area (Å²) in [5.41, 5.74) is 2.98. The van der Waals surface area contributed by atoms with Crippen LogP contribution in [0.5, 0.6) is 0 Å². The van der Waals surface area contributed by atoms with Gasteiger partial charge in [0.15, 0.2) is 6.73 Å². The summed E-state index contributed by atoms with van der Waals surface area (Å²) in [6.07, 6.45) is 3.58. The topological polar surface area (TPSA) is 93.6 Å². The summed E-state index contributed by atoms with van der Waals surface area (Å²) >= 11 is 13.2. The molecule has 232 valence electrons. The summed E-state index contributed by atoms with van der Waals surface area (Å²) in [5.74, 6) is -3.41. The SMILES string of the molecule is C[Si](C)(C)CCOCn1cc(C2C(=O)N(COC(=O)c3ccccc3)C(=O)C2c2c[nH]c3c(Cl)cccc23)c2cccc(Cl)c21. The Morgan fingerprint density at radius 3 is 2.22 bits per heavy atom. The molecule has 2 atom stereocenters. The number of para-hydroxylation sites is 2. The van der Waals surface area contributed by atoms with Crippen LogP contribution < -0.4 is 0 Å². The number of nitrogens with one attached hydrogen (secondary N) is 1. The maximum Gasteiger partial charge on any atom is 0.339 e. The van der Waals surface area contributed by atoms with Crippen molar-refractivity contribution in [3.63, 3.8) is 0 Å². The van der Waals surface area contributed by atoms with E-state index in [4.69, 9.17) is 32.7 Å². The smallest absolute Gasteiger partial charge is 0.339 e. The van der Waals surface area contributed by atoms with Gasteiger partial charge in [-0.05, 0) is 41.4 Å². The zero-order chi connectivity index (χ0) is 31.9. The first kappa shape index (κ1) is 31.1. The van der Waals surface area contributed by atoms with Gasteiger partial charge in [0.05, 0.1) is 38.5 Å². The number of likely N-dealkylation sites (tertiary alicyclic amines) is 1. The van der Waals surface area contributed by atoms with Crippen molar-refractivity contribution in [3.8, 4) is 0 Å². The molecule has 8 nitrogen and oxygen atoms in total. The fraction of sp³-hybridized carbons (Fsp3) is 0.265. The van der Waals surface area contributed by atoms with E-state index in [0.29, 0.717) is 38.9 Å². The van der Waals surface area contributed by atoms with Crippen molar-refractivity contribution in [2.45, 2.75) is 44.3 Å². The number of amides is 2. The highest BCUT2D eigenvalue weighted by molar-refractivity contribution is 6.76. The molecule has 1 aliphatic heterocycles. The summed E-state index contributed by atoms with van der Waals surface area (Å²) in [7, 11) is -1.30. The molecular weight excluding hydrogens is 629 g/mol. The van der Waals surface area contributed by atoms with Gasteiger partial charge in [0.1, 0.15) is 6.73 Å². The van der Waals surface area contributed by atoms with E-state index in [0.717, 1.165) is 27.2 Å². The first-order valence-corrected chi connectivity index (χ1v) is 19.2. The predicted molar refractivity (Wildman–Crippen MR) is 178 cm³/mol. The molecule has 5 aromatic rings. The number of hydrogen-bond donors (Lipinski definition) is 1. The van der Waals surface area contributed by atoms with Gasteiger partial charge in [-0.3, -0.25) is 9.59 Å². The number of fused-ring (bicyclic) bond motifs is 2. The highest BCUT2D eigenvalue weighted by Gasteiger charge is 2.51. The second-order valence-corrected chi connectivity index (χ2v) is 18.9. The lowest BCUT2D eigenvalue weighted by Gasteiger charge is -2.16. The number of benzene rings is 3. The Morgan fingerprint density at radius 1 is 0.844 bits per heavy atom. The average Bonchev–Trinajstić information content (AvgIpc) is 3.67. The van der Waals surface area contributed by atoms with Crippen LogP contribution in [0, 0.1) is 0 Å². The molecule has 2 amide bonds. The van der Waals surface area contributed by atoms with Gasteiger partial charge in [-0.1, -0.05) is 85.3 Å². The molecule has 3 aromatic carbocycles. The zero-order valence-electron chi connectivity index (χ0n) is 25.2. The van der Waals surface area contributed by atoms with Crippen molar-refractivity contribution < 1.29 is 23.9 Å². The molecule has 3 heterocycles. The Morgan fingerprint density at radius 2 is 1.51 bits per heavy atom. The molecule has 1 saturated heterocycles. The van der Waals surface area contributed by atoms with Crippen molar-refractivity contribution in [3.05, 3.63) is 106 Å². The molecule has 1 N–H and O–H groups in total. The third kappa shape index (κ3) is 6.05. The average molecular weight is 663 g/mol. The standard InChI is InChI=1S/C34H33Cl2N3O5Si/c1-45(2,3)16-15-43-19-38-18-25(23-12-8-14-27(36)31(23)38)29-28(24-17-37-30-22(24)11-7-13-26(30)35)32(40)39(33(29)41)20-44-34(42)21-9-5-4-6-10-21/h4-14,17-18,28-29,37H,15-16,19-20H2,1-3H3. The van der Waals surface area contributed by atoms with Gasteiger partial charge in [0.25, 0.3) is 0 Å². The molecule has 1 aliphatic rings. The Bertz CT molecular complexity index is 1910. The largest absolute Gasteiger partial charge is 0.440 e.